The molecule has 1 aliphatic rings. The van der Waals surface area contributed by atoms with Gasteiger partial charge in [-0.2, -0.15) is 25.5 Å². The standard InChI is InChI=1S/C10H8F3.K/c11-10(12,13)9-5-3-8(4-6-9)7-1-2-7;/h1,3-7H,2H2;/q-1;+1/t7-;/m1./s1. The van der Waals surface area contributed by atoms with Crippen LogP contribution < -0.4 is 51.4 Å². The zero-order valence-corrected chi connectivity index (χ0v) is 10.9. The molecule has 4 heteroatoms. The molecule has 1 aromatic carbocycles. The van der Waals surface area contributed by atoms with Gasteiger partial charge in [0.15, 0.2) is 0 Å². The van der Waals surface area contributed by atoms with Gasteiger partial charge < -0.3 is 6.42 Å². The number of alkyl halides is 3. The minimum absolute atomic E-state index is 0. The molecule has 0 amide bonds. The van der Waals surface area contributed by atoms with Crippen molar-refractivity contribution in [1.29, 1.82) is 0 Å². The molecule has 14 heavy (non-hydrogen) atoms. The van der Waals surface area contributed by atoms with Crippen molar-refractivity contribution in [3.05, 3.63) is 41.8 Å². The van der Waals surface area contributed by atoms with Gasteiger partial charge in [0.05, 0.1) is 5.56 Å². The fraction of sp³-hybridized carbons (Fsp3) is 0.300. The molecule has 0 N–H and O–H groups in total. The van der Waals surface area contributed by atoms with Crippen molar-refractivity contribution < 1.29 is 64.6 Å². The van der Waals surface area contributed by atoms with E-state index < -0.39 is 11.7 Å². The van der Waals surface area contributed by atoms with E-state index in [0.717, 1.165) is 24.1 Å². The summed E-state index contributed by atoms with van der Waals surface area (Å²) in [5.41, 5.74) is 0.407. The van der Waals surface area contributed by atoms with Crippen molar-refractivity contribution in [2.45, 2.75) is 18.5 Å². The first kappa shape index (κ1) is 12.7. The zero-order valence-electron chi connectivity index (χ0n) is 7.81. The maximum atomic E-state index is 12.1. The SMILES string of the molecule is FC(F)(F)c1ccc([C@@H]2[CH-]C2)cc1.[K+]. The van der Waals surface area contributed by atoms with Crippen LogP contribution in [-0.2, 0) is 6.18 Å². The summed E-state index contributed by atoms with van der Waals surface area (Å²) in [4.78, 5) is 0. The van der Waals surface area contributed by atoms with Crippen LogP contribution >= 0.6 is 0 Å². The molecular weight excluding hydrogens is 216 g/mol. The summed E-state index contributed by atoms with van der Waals surface area (Å²) < 4.78 is 36.4. The molecule has 0 unspecified atom stereocenters. The van der Waals surface area contributed by atoms with Gasteiger partial charge in [-0.15, -0.1) is 0 Å². The predicted octanol–water partition coefficient (Wildman–Crippen LogP) is 0.401. The van der Waals surface area contributed by atoms with Crippen LogP contribution in [0.3, 0.4) is 0 Å². The van der Waals surface area contributed by atoms with Crippen LogP contribution in [0.4, 0.5) is 13.2 Å². The number of hydrogen-bond acceptors (Lipinski definition) is 0. The van der Waals surface area contributed by atoms with Gasteiger partial charge in [-0.25, -0.2) is 0 Å². The minimum atomic E-state index is -4.22. The van der Waals surface area contributed by atoms with Crippen LogP contribution in [0.25, 0.3) is 0 Å². The van der Waals surface area contributed by atoms with Crippen LogP contribution in [-0.4, -0.2) is 0 Å². The van der Waals surface area contributed by atoms with Crippen molar-refractivity contribution in [1.82, 2.24) is 0 Å². The topological polar surface area (TPSA) is 0 Å². The second-order valence-electron chi connectivity index (χ2n) is 3.20. The summed E-state index contributed by atoms with van der Waals surface area (Å²) in [6.07, 6.45) is -1.15. The molecule has 0 bridgehead atoms. The van der Waals surface area contributed by atoms with E-state index in [1.165, 1.54) is 0 Å². The van der Waals surface area contributed by atoms with Crippen LogP contribution in [0.1, 0.15) is 23.5 Å². The van der Waals surface area contributed by atoms with Crippen LogP contribution in [0.5, 0.6) is 0 Å². The second-order valence-corrected chi connectivity index (χ2v) is 3.20. The molecule has 2 rings (SSSR count). The van der Waals surface area contributed by atoms with Crippen LogP contribution in [0.15, 0.2) is 24.3 Å². The predicted molar refractivity (Wildman–Crippen MR) is 43.1 cm³/mol. The molecule has 70 valence electrons. The molecule has 0 spiro atoms. The Hall–Kier alpha value is 0.646. The Labute approximate surface area is 123 Å². The molecule has 0 aromatic heterocycles. The van der Waals surface area contributed by atoms with Gasteiger partial charge in [0.25, 0.3) is 0 Å². The summed E-state index contributed by atoms with van der Waals surface area (Å²) in [7, 11) is 0. The Bertz CT molecular complexity index is 298. The number of hydrogen-bond donors (Lipinski definition) is 0. The first-order valence-corrected chi connectivity index (χ1v) is 4.08. The van der Waals surface area contributed by atoms with Gasteiger partial charge in [0.1, 0.15) is 0 Å². The van der Waals surface area contributed by atoms with Gasteiger partial charge in [-0.05, 0) is 12.1 Å². The Kier molecular flexibility index (Phi) is 4.23. The molecule has 0 aliphatic heterocycles. The Morgan fingerprint density at radius 1 is 1.14 bits per heavy atom. The van der Waals surface area contributed by atoms with E-state index in [-0.39, 0.29) is 51.4 Å². The summed E-state index contributed by atoms with van der Waals surface area (Å²) in [6, 6.07) is 5.39. The fourth-order valence-electron chi connectivity index (χ4n) is 1.26. The van der Waals surface area contributed by atoms with Crippen molar-refractivity contribution in [2.75, 3.05) is 0 Å². The van der Waals surface area contributed by atoms with Gasteiger partial charge in [-0.3, -0.25) is 0 Å². The molecule has 1 aliphatic carbocycles. The van der Waals surface area contributed by atoms with E-state index >= 15 is 0 Å². The van der Waals surface area contributed by atoms with Crippen LogP contribution in [0, 0.1) is 6.42 Å². The summed E-state index contributed by atoms with van der Waals surface area (Å²) in [6.45, 7) is 0. The van der Waals surface area contributed by atoms with Gasteiger partial charge in [0, 0.05) is 0 Å². The Morgan fingerprint density at radius 3 is 2.00 bits per heavy atom. The summed E-state index contributed by atoms with van der Waals surface area (Å²) >= 11 is 0. The third kappa shape index (κ3) is 3.07. The molecule has 1 saturated carbocycles. The first-order chi connectivity index (χ1) is 6.07. The summed E-state index contributed by atoms with van der Waals surface area (Å²) in [5, 5.41) is 0. The average Bonchev–Trinajstić information content (AvgIpc) is 2.85. The molecule has 0 heterocycles. The van der Waals surface area contributed by atoms with E-state index in [1.54, 1.807) is 12.1 Å². The van der Waals surface area contributed by atoms with Gasteiger partial charge in [0.2, 0.25) is 0 Å². The van der Waals surface area contributed by atoms with E-state index in [9.17, 15) is 13.2 Å². The van der Waals surface area contributed by atoms with Crippen molar-refractivity contribution in [2.24, 2.45) is 0 Å². The van der Waals surface area contributed by atoms with Gasteiger partial charge in [-0.1, -0.05) is 17.7 Å². The average molecular weight is 224 g/mol. The fourth-order valence-corrected chi connectivity index (χ4v) is 1.26. The maximum Gasteiger partial charge on any atom is 1.00 e. The third-order valence-electron chi connectivity index (χ3n) is 2.14. The quantitative estimate of drug-likeness (QED) is 0.478. The van der Waals surface area contributed by atoms with Crippen molar-refractivity contribution in [3.63, 3.8) is 0 Å². The second kappa shape index (κ2) is 4.66. The van der Waals surface area contributed by atoms with Crippen LogP contribution in [0.2, 0.25) is 0 Å². The molecule has 1 fully saturated rings. The number of halogens is 3. The summed E-state index contributed by atoms with van der Waals surface area (Å²) in [5.74, 6) is 0.391. The number of benzene rings is 1. The Balaban J connectivity index is 0.000000980. The van der Waals surface area contributed by atoms with E-state index in [0.29, 0.717) is 5.92 Å². The van der Waals surface area contributed by atoms with Crippen molar-refractivity contribution >= 4 is 0 Å². The maximum absolute atomic E-state index is 12.1. The van der Waals surface area contributed by atoms with E-state index in [2.05, 4.69) is 6.42 Å². The molecule has 0 saturated heterocycles. The zero-order chi connectivity index (χ0) is 9.47. The number of rotatable bonds is 1. The molecule has 0 nitrogen and oxygen atoms in total. The third-order valence-corrected chi connectivity index (χ3v) is 2.14. The van der Waals surface area contributed by atoms with Gasteiger partial charge >= 0.3 is 57.6 Å². The van der Waals surface area contributed by atoms with Crippen molar-refractivity contribution in [3.8, 4) is 0 Å². The monoisotopic (exact) mass is 224 g/mol. The molecule has 1 atom stereocenters. The normalized spacial score (nSPS) is 20.1. The first-order valence-electron chi connectivity index (χ1n) is 4.08. The van der Waals surface area contributed by atoms with E-state index in [4.69, 9.17) is 0 Å². The largest absolute Gasteiger partial charge is 1.00 e. The van der Waals surface area contributed by atoms with E-state index in [1.807, 2.05) is 0 Å². The minimum Gasteiger partial charge on any atom is -0.325 e. The molecular formula is C10H8F3K. The molecule has 1 aromatic rings. The smallest absolute Gasteiger partial charge is 0.325 e. The molecule has 0 radical (unpaired) electrons. The Morgan fingerprint density at radius 2 is 1.64 bits per heavy atom.